The van der Waals surface area contributed by atoms with Crippen molar-refractivity contribution in [1.29, 1.82) is 5.26 Å². The van der Waals surface area contributed by atoms with Gasteiger partial charge in [-0.15, -0.1) is 0 Å². The summed E-state index contributed by atoms with van der Waals surface area (Å²) in [4.78, 5) is 12.3. The Bertz CT molecular complexity index is 1360. The van der Waals surface area contributed by atoms with Crippen LogP contribution in [0.3, 0.4) is 0 Å². The van der Waals surface area contributed by atoms with E-state index in [-0.39, 0.29) is 12.3 Å². The molecule has 5 nitrogen and oxygen atoms in total. The predicted octanol–water partition coefficient (Wildman–Crippen LogP) is 4.87. The molecule has 0 unspecified atom stereocenters. The van der Waals surface area contributed by atoms with Gasteiger partial charge < -0.3 is 4.57 Å². The molecule has 0 atom stereocenters. The maximum Gasteiger partial charge on any atom is 0.244 e. The van der Waals surface area contributed by atoms with Gasteiger partial charge in [0.2, 0.25) is 5.91 Å². The molecule has 4 rings (SSSR count). The van der Waals surface area contributed by atoms with Crippen molar-refractivity contribution in [3.63, 3.8) is 0 Å². The van der Waals surface area contributed by atoms with Gasteiger partial charge in [0.1, 0.15) is 0 Å². The number of fused-ring (bicyclic) bond motifs is 1. The van der Waals surface area contributed by atoms with Gasteiger partial charge in [-0.1, -0.05) is 54.6 Å². The Morgan fingerprint density at radius 2 is 1.84 bits per heavy atom. The van der Waals surface area contributed by atoms with Crippen molar-refractivity contribution in [3.05, 3.63) is 106 Å². The number of carbonyl (C=O) groups excluding carboxylic acids is 1. The zero-order valence-electron chi connectivity index (χ0n) is 18.2. The number of carbonyl (C=O) groups is 1. The van der Waals surface area contributed by atoms with E-state index in [9.17, 15) is 10.1 Å². The van der Waals surface area contributed by atoms with Crippen LogP contribution in [0.4, 0.5) is 0 Å². The fourth-order valence-corrected chi connectivity index (χ4v) is 3.77. The van der Waals surface area contributed by atoms with Gasteiger partial charge in [0, 0.05) is 29.2 Å². The standard InChI is InChI=1S/C27H24N4O/c1-19-11-12-21(13-20(19)2)14-27(32)30-29-16-24-18-31(26-10-6-5-9-25(24)26)17-23-8-4-3-7-22(23)15-28/h3-13,16,18H,14,17H2,1-2H3,(H,30,32)/b29-16-. The summed E-state index contributed by atoms with van der Waals surface area (Å²) in [6.07, 6.45) is 3.95. The Hall–Kier alpha value is -4.17. The highest BCUT2D eigenvalue weighted by Gasteiger charge is 2.09. The first-order valence-corrected chi connectivity index (χ1v) is 10.5. The summed E-state index contributed by atoms with van der Waals surface area (Å²) in [5, 5.41) is 14.6. The van der Waals surface area contributed by atoms with E-state index in [4.69, 9.17) is 0 Å². The number of para-hydroxylation sites is 1. The average molecular weight is 421 g/mol. The van der Waals surface area contributed by atoms with E-state index in [1.54, 1.807) is 6.21 Å². The number of rotatable bonds is 6. The normalized spacial score (nSPS) is 11.0. The van der Waals surface area contributed by atoms with Crippen molar-refractivity contribution in [2.24, 2.45) is 5.10 Å². The lowest BCUT2D eigenvalue weighted by Crippen LogP contribution is -2.19. The highest BCUT2D eigenvalue weighted by Crippen LogP contribution is 2.22. The van der Waals surface area contributed by atoms with Crippen LogP contribution in [0.15, 0.2) is 78.0 Å². The highest BCUT2D eigenvalue weighted by molar-refractivity contribution is 5.99. The molecule has 3 aromatic carbocycles. The number of aromatic nitrogens is 1. The minimum Gasteiger partial charge on any atom is -0.342 e. The summed E-state index contributed by atoms with van der Waals surface area (Å²) < 4.78 is 2.10. The molecule has 1 amide bonds. The molecule has 1 N–H and O–H groups in total. The summed E-state index contributed by atoms with van der Waals surface area (Å²) in [5.41, 5.74) is 9.55. The third kappa shape index (κ3) is 4.60. The third-order valence-electron chi connectivity index (χ3n) is 5.63. The molecule has 0 aliphatic rings. The highest BCUT2D eigenvalue weighted by atomic mass is 16.2. The van der Waals surface area contributed by atoms with E-state index < -0.39 is 0 Å². The molecule has 32 heavy (non-hydrogen) atoms. The lowest BCUT2D eigenvalue weighted by atomic mass is 10.0. The summed E-state index contributed by atoms with van der Waals surface area (Å²) in [6, 6.07) is 23.9. The monoisotopic (exact) mass is 420 g/mol. The van der Waals surface area contributed by atoms with Gasteiger partial charge in [-0.25, -0.2) is 5.43 Å². The average Bonchev–Trinajstić information content (AvgIpc) is 3.14. The predicted molar refractivity (Wildman–Crippen MR) is 128 cm³/mol. The molecule has 0 spiro atoms. The summed E-state index contributed by atoms with van der Waals surface area (Å²) >= 11 is 0. The molecule has 0 saturated carbocycles. The first-order valence-electron chi connectivity index (χ1n) is 10.5. The van der Waals surface area contributed by atoms with Crippen molar-refractivity contribution in [2.75, 3.05) is 0 Å². The maximum atomic E-state index is 12.3. The second-order valence-electron chi connectivity index (χ2n) is 7.89. The second-order valence-corrected chi connectivity index (χ2v) is 7.89. The molecule has 0 aliphatic heterocycles. The SMILES string of the molecule is Cc1ccc(CC(=O)N/N=C\c2cn(Cc3ccccc3C#N)c3ccccc23)cc1C. The Labute approximate surface area is 187 Å². The fourth-order valence-electron chi connectivity index (χ4n) is 3.77. The van der Waals surface area contributed by atoms with E-state index in [0.717, 1.165) is 27.6 Å². The molecule has 1 heterocycles. The minimum absolute atomic E-state index is 0.156. The lowest BCUT2D eigenvalue weighted by molar-refractivity contribution is -0.120. The molecule has 0 saturated heterocycles. The van der Waals surface area contributed by atoms with Crippen LogP contribution in [0.5, 0.6) is 0 Å². The molecule has 1 aromatic heterocycles. The Balaban J connectivity index is 1.52. The van der Waals surface area contributed by atoms with Crippen molar-refractivity contribution in [1.82, 2.24) is 9.99 Å². The largest absolute Gasteiger partial charge is 0.342 e. The van der Waals surface area contributed by atoms with E-state index in [2.05, 4.69) is 28.1 Å². The first-order chi connectivity index (χ1) is 15.5. The number of nitrogens with one attached hydrogen (secondary N) is 1. The molecular formula is C27H24N4O. The molecular weight excluding hydrogens is 396 g/mol. The zero-order valence-corrected chi connectivity index (χ0v) is 18.2. The number of amides is 1. The molecule has 158 valence electrons. The third-order valence-corrected chi connectivity index (χ3v) is 5.63. The van der Waals surface area contributed by atoms with Crippen molar-refractivity contribution >= 4 is 23.0 Å². The zero-order chi connectivity index (χ0) is 22.5. The molecule has 0 aliphatic carbocycles. The van der Waals surface area contributed by atoms with Crippen LogP contribution < -0.4 is 5.43 Å². The van der Waals surface area contributed by atoms with Crippen LogP contribution in [0, 0.1) is 25.2 Å². The summed E-state index contributed by atoms with van der Waals surface area (Å²) in [6.45, 7) is 4.68. The molecule has 0 bridgehead atoms. The van der Waals surface area contributed by atoms with Crippen molar-refractivity contribution in [3.8, 4) is 6.07 Å². The molecule has 0 fully saturated rings. The fraction of sp³-hybridized carbons (Fsp3) is 0.148. The topological polar surface area (TPSA) is 70.2 Å². The van der Waals surface area contributed by atoms with Crippen LogP contribution >= 0.6 is 0 Å². The van der Waals surface area contributed by atoms with Gasteiger partial charge in [0.15, 0.2) is 0 Å². The Morgan fingerprint density at radius 1 is 1.06 bits per heavy atom. The molecule has 0 radical (unpaired) electrons. The maximum absolute atomic E-state index is 12.3. The van der Waals surface area contributed by atoms with Crippen LogP contribution in [-0.2, 0) is 17.8 Å². The number of nitriles is 1. The lowest BCUT2D eigenvalue weighted by Gasteiger charge is -2.07. The summed E-state index contributed by atoms with van der Waals surface area (Å²) in [5.74, 6) is -0.156. The summed E-state index contributed by atoms with van der Waals surface area (Å²) in [7, 11) is 0. The van der Waals surface area contributed by atoms with E-state index in [1.165, 1.54) is 11.1 Å². The van der Waals surface area contributed by atoms with Crippen LogP contribution in [0.1, 0.15) is 33.4 Å². The number of hydrazone groups is 1. The minimum atomic E-state index is -0.156. The van der Waals surface area contributed by atoms with Gasteiger partial charge in [0.25, 0.3) is 0 Å². The van der Waals surface area contributed by atoms with Crippen LogP contribution in [-0.4, -0.2) is 16.7 Å². The Morgan fingerprint density at radius 3 is 2.66 bits per heavy atom. The van der Waals surface area contributed by atoms with E-state index in [1.807, 2.05) is 79.9 Å². The van der Waals surface area contributed by atoms with Crippen LogP contribution in [0.2, 0.25) is 0 Å². The van der Waals surface area contributed by atoms with Gasteiger partial charge in [-0.2, -0.15) is 10.4 Å². The van der Waals surface area contributed by atoms with Gasteiger partial charge in [0.05, 0.1) is 24.3 Å². The Kier molecular flexibility index (Phi) is 6.14. The number of benzene rings is 3. The van der Waals surface area contributed by atoms with Crippen molar-refractivity contribution < 1.29 is 4.79 Å². The second kappa shape index (κ2) is 9.32. The van der Waals surface area contributed by atoms with Gasteiger partial charge in [-0.3, -0.25) is 4.79 Å². The molecule has 5 heteroatoms. The van der Waals surface area contributed by atoms with Crippen LogP contribution in [0.25, 0.3) is 10.9 Å². The number of hydrogen-bond donors (Lipinski definition) is 1. The smallest absolute Gasteiger partial charge is 0.244 e. The van der Waals surface area contributed by atoms with Crippen molar-refractivity contribution in [2.45, 2.75) is 26.8 Å². The van der Waals surface area contributed by atoms with E-state index >= 15 is 0 Å². The number of nitrogens with zero attached hydrogens (tertiary/aromatic N) is 3. The number of aryl methyl sites for hydroxylation is 2. The molecule has 4 aromatic rings. The van der Waals surface area contributed by atoms with Gasteiger partial charge in [-0.05, 0) is 48.2 Å². The van der Waals surface area contributed by atoms with Gasteiger partial charge >= 0.3 is 0 Å². The quantitative estimate of drug-likeness (QED) is 0.357. The van der Waals surface area contributed by atoms with E-state index in [0.29, 0.717) is 12.1 Å². The number of hydrogen-bond acceptors (Lipinski definition) is 3. The first kappa shape index (κ1) is 21.1.